The molecule has 0 aliphatic heterocycles. The zero-order valence-electron chi connectivity index (χ0n) is 19.7. The van der Waals surface area contributed by atoms with Gasteiger partial charge in [-0.3, -0.25) is 0 Å². The number of rotatable bonds is 14. The Bertz CT molecular complexity index is 957. The molecule has 3 rings (SSSR count). The van der Waals surface area contributed by atoms with E-state index in [1.54, 1.807) is 18.4 Å². The highest BCUT2D eigenvalue weighted by atomic mass is 32.1. The zero-order chi connectivity index (χ0) is 22.6. The van der Waals surface area contributed by atoms with E-state index in [0.717, 1.165) is 51.9 Å². The van der Waals surface area contributed by atoms with Crippen LogP contribution in [0.3, 0.4) is 0 Å². The molecule has 0 aliphatic rings. The summed E-state index contributed by atoms with van der Waals surface area (Å²) in [5, 5.41) is 0.990. The maximum atomic E-state index is 5.97. The van der Waals surface area contributed by atoms with Crippen molar-refractivity contribution in [1.82, 2.24) is 9.88 Å². The van der Waals surface area contributed by atoms with Gasteiger partial charge in [-0.15, -0.1) is 11.3 Å². The molecule has 0 atom stereocenters. The lowest BCUT2D eigenvalue weighted by molar-refractivity contribution is 0.229. The minimum atomic E-state index is 0.763. The van der Waals surface area contributed by atoms with Crippen molar-refractivity contribution >= 4 is 33.7 Å². The Morgan fingerprint density at radius 1 is 0.875 bits per heavy atom. The molecule has 1 aromatic heterocycles. The van der Waals surface area contributed by atoms with Crippen LogP contribution in [0.1, 0.15) is 56.5 Å². The number of hydrogen-bond donors (Lipinski definition) is 0. The second-order valence-electron chi connectivity index (χ2n) is 8.04. The van der Waals surface area contributed by atoms with Crippen LogP contribution in [0.15, 0.2) is 42.5 Å². The molecule has 3 aromatic rings. The van der Waals surface area contributed by atoms with E-state index in [-0.39, 0.29) is 0 Å². The van der Waals surface area contributed by atoms with E-state index < -0.39 is 0 Å². The van der Waals surface area contributed by atoms with Crippen LogP contribution in [0.25, 0.3) is 22.4 Å². The molecule has 5 heteroatoms. The molecule has 0 radical (unpaired) electrons. The van der Waals surface area contributed by atoms with Gasteiger partial charge in [0.1, 0.15) is 16.5 Å². The van der Waals surface area contributed by atoms with Crippen LogP contribution >= 0.6 is 11.3 Å². The number of benzene rings is 2. The van der Waals surface area contributed by atoms with E-state index in [2.05, 4.69) is 60.1 Å². The molecule has 0 N–H and O–H groups in total. The molecule has 0 unspecified atom stereocenters. The summed E-state index contributed by atoms with van der Waals surface area (Å²) >= 11 is 1.67. The summed E-state index contributed by atoms with van der Waals surface area (Å²) < 4.78 is 12.4. The Balaban J connectivity index is 1.46. The van der Waals surface area contributed by atoms with Crippen molar-refractivity contribution in [2.45, 2.75) is 46.0 Å². The highest BCUT2D eigenvalue weighted by molar-refractivity contribution is 7.19. The quantitative estimate of drug-likeness (QED) is 0.243. The first-order valence-corrected chi connectivity index (χ1v) is 12.6. The minimum absolute atomic E-state index is 0.763. The van der Waals surface area contributed by atoms with Gasteiger partial charge in [-0.2, -0.15) is 0 Å². The topological polar surface area (TPSA) is 34.6 Å². The first-order valence-electron chi connectivity index (χ1n) is 11.8. The van der Waals surface area contributed by atoms with Crippen LogP contribution in [0.2, 0.25) is 0 Å². The van der Waals surface area contributed by atoms with Crippen molar-refractivity contribution in [3.63, 3.8) is 0 Å². The Hall–Kier alpha value is -2.37. The Labute approximate surface area is 196 Å². The largest absolute Gasteiger partial charge is 0.497 e. The van der Waals surface area contributed by atoms with E-state index in [0.29, 0.717) is 0 Å². The molecular weight excluding hydrogens is 416 g/mol. The highest BCUT2D eigenvalue weighted by Gasteiger charge is 2.05. The molecule has 2 aromatic carbocycles. The van der Waals surface area contributed by atoms with Gasteiger partial charge >= 0.3 is 0 Å². The summed E-state index contributed by atoms with van der Waals surface area (Å²) in [5.74, 6) is 1.80. The van der Waals surface area contributed by atoms with Crippen molar-refractivity contribution < 1.29 is 9.47 Å². The third kappa shape index (κ3) is 7.64. The maximum absolute atomic E-state index is 5.97. The van der Waals surface area contributed by atoms with Crippen LogP contribution in [0.5, 0.6) is 11.5 Å². The predicted octanol–water partition coefficient (Wildman–Crippen LogP) is 7.15. The molecule has 0 fully saturated rings. The SMILES string of the molecule is CCCCN(CCCC)CCCOc1ccc(/C=C/c2nc3ccc(OC)cc3s2)cc1. The summed E-state index contributed by atoms with van der Waals surface area (Å²) in [5.41, 5.74) is 2.14. The van der Waals surface area contributed by atoms with Gasteiger partial charge in [0, 0.05) is 6.54 Å². The monoisotopic (exact) mass is 452 g/mol. The number of unbranched alkanes of at least 4 members (excludes halogenated alkanes) is 2. The van der Waals surface area contributed by atoms with E-state index >= 15 is 0 Å². The first kappa shape index (κ1) is 24.3. The van der Waals surface area contributed by atoms with Gasteiger partial charge in [0.2, 0.25) is 0 Å². The summed E-state index contributed by atoms with van der Waals surface area (Å²) in [6.45, 7) is 8.82. The summed E-state index contributed by atoms with van der Waals surface area (Å²) in [4.78, 5) is 7.26. The van der Waals surface area contributed by atoms with Gasteiger partial charge in [0.15, 0.2) is 0 Å². The maximum Gasteiger partial charge on any atom is 0.120 e. The normalized spacial score (nSPS) is 11.6. The van der Waals surface area contributed by atoms with Gasteiger partial charge < -0.3 is 14.4 Å². The fourth-order valence-corrected chi connectivity index (χ4v) is 4.44. The second-order valence-corrected chi connectivity index (χ2v) is 9.10. The lowest BCUT2D eigenvalue weighted by atomic mass is 10.2. The number of aromatic nitrogens is 1. The van der Waals surface area contributed by atoms with Crippen LogP contribution in [-0.4, -0.2) is 43.2 Å². The van der Waals surface area contributed by atoms with Gasteiger partial charge in [-0.1, -0.05) is 44.9 Å². The number of fused-ring (bicyclic) bond motifs is 1. The molecule has 0 saturated carbocycles. The molecule has 0 spiro atoms. The lowest BCUT2D eigenvalue weighted by Gasteiger charge is -2.21. The number of nitrogens with zero attached hydrogens (tertiary/aromatic N) is 2. The average molecular weight is 453 g/mol. The van der Waals surface area contributed by atoms with Gasteiger partial charge in [0.25, 0.3) is 0 Å². The van der Waals surface area contributed by atoms with Crippen molar-refractivity contribution in [2.24, 2.45) is 0 Å². The smallest absolute Gasteiger partial charge is 0.120 e. The van der Waals surface area contributed by atoms with Crippen molar-refractivity contribution in [3.8, 4) is 11.5 Å². The highest BCUT2D eigenvalue weighted by Crippen LogP contribution is 2.27. The van der Waals surface area contributed by atoms with Gasteiger partial charge in [-0.05, 0) is 74.3 Å². The molecule has 0 amide bonds. The molecular formula is C27H36N2O2S. The molecule has 1 heterocycles. The molecule has 0 saturated heterocycles. The Morgan fingerprint density at radius 3 is 2.25 bits per heavy atom. The third-order valence-corrected chi connectivity index (χ3v) is 6.44. The van der Waals surface area contributed by atoms with E-state index in [4.69, 9.17) is 9.47 Å². The molecule has 4 nitrogen and oxygen atoms in total. The number of hydrogen-bond acceptors (Lipinski definition) is 5. The minimum Gasteiger partial charge on any atom is -0.497 e. The average Bonchev–Trinajstić information content (AvgIpc) is 3.24. The van der Waals surface area contributed by atoms with E-state index in [1.807, 2.05) is 18.2 Å². The second kappa shape index (κ2) is 13.2. The standard InChI is InChI=1S/C27H36N2O2S/c1-4-6-17-29(18-7-5-2)19-8-20-31-23-12-9-22(10-13-23)11-16-27-28-25-15-14-24(30-3)21-26(25)32-27/h9-16,21H,4-8,17-20H2,1-3H3/b16-11+. The van der Waals surface area contributed by atoms with Crippen molar-refractivity contribution in [2.75, 3.05) is 33.4 Å². The first-order chi connectivity index (χ1) is 15.7. The van der Waals surface area contributed by atoms with Crippen LogP contribution in [0.4, 0.5) is 0 Å². The Kier molecular flexibility index (Phi) is 10.0. The van der Waals surface area contributed by atoms with Crippen LogP contribution < -0.4 is 9.47 Å². The van der Waals surface area contributed by atoms with E-state index in [1.165, 1.54) is 38.8 Å². The van der Waals surface area contributed by atoms with Crippen molar-refractivity contribution in [1.29, 1.82) is 0 Å². The van der Waals surface area contributed by atoms with Crippen LogP contribution in [0, 0.1) is 0 Å². The fraction of sp³-hybridized carbons (Fsp3) is 0.444. The summed E-state index contributed by atoms with van der Waals surface area (Å²) in [6, 6.07) is 14.3. The third-order valence-electron chi connectivity index (χ3n) is 5.45. The molecule has 172 valence electrons. The summed E-state index contributed by atoms with van der Waals surface area (Å²) in [7, 11) is 1.69. The fourth-order valence-electron chi connectivity index (χ4n) is 3.54. The van der Waals surface area contributed by atoms with Crippen LogP contribution in [-0.2, 0) is 0 Å². The summed E-state index contributed by atoms with van der Waals surface area (Å²) in [6.07, 6.45) is 10.3. The predicted molar refractivity (Wildman–Crippen MR) is 138 cm³/mol. The molecule has 0 aliphatic carbocycles. The number of methoxy groups -OCH3 is 1. The molecule has 0 bridgehead atoms. The number of thiazole rings is 1. The van der Waals surface area contributed by atoms with E-state index in [9.17, 15) is 0 Å². The lowest BCUT2D eigenvalue weighted by Crippen LogP contribution is -2.28. The van der Waals surface area contributed by atoms with Gasteiger partial charge in [0.05, 0.1) is 23.9 Å². The molecule has 32 heavy (non-hydrogen) atoms. The number of ether oxygens (including phenoxy) is 2. The Morgan fingerprint density at radius 2 is 1.56 bits per heavy atom. The zero-order valence-corrected chi connectivity index (χ0v) is 20.5. The van der Waals surface area contributed by atoms with Crippen molar-refractivity contribution in [3.05, 3.63) is 53.0 Å². The van der Waals surface area contributed by atoms with Gasteiger partial charge in [-0.25, -0.2) is 4.98 Å².